The second-order valence-electron chi connectivity index (χ2n) is 3.79. The van der Waals surface area contributed by atoms with E-state index in [1.165, 1.54) is 0 Å². The van der Waals surface area contributed by atoms with E-state index in [0.29, 0.717) is 19.5 Å². The Morgan fingerprint density at radius 2 is 1.83 bits per heavy atom. The number of nitrogens with one attached hydrogen (secondary N) is 3. The lowest BCUT2D eigenvalue weighted by Crippen LogP contribution is -2.32. The van der Waals surface area contributed by atoms with Gasteiger partial charge in [-0.1, -0.05) is 18.2 Å². The molecule has 0 aromatic heterocycles. The number of hydrogen-bond donors (Lipinski definition) is 3. The summed E-state index contributed by atoms with van der Waals surface area (Å²) in [6.45, 7) is 3.20. The van der Waals surface area contributed by atoms with Crippen LogP contribution in [0.1, 0.15) is 13.3 Å². The molecule has 5 heteroatoms. The molecular weight excluding hydrogens is 230 g/mol. The van der Waals surface area contributed by atoms with E-state index in [1.54, 1.807) is 0 Å². The van der Waals surface area contributed by atoms with Crippen LogP contribution in [0, 0.1) is 0 Å². The van der Waals surface area contributed by atoms with Crippen LogP contribution in [-0.4, -0.2) is 31.4 Å². The molecule has 0 aliphatic rings. The van der Waals surface area contributed by atoms with Gasteiger partial charge in [0.25, 0.3) is 0 Å². The van der Waals surface area contributed by atoms with E-state index >= 15 is 0 Å². The number of para-hydroxylation sites is 1. The smallest absolute Gasteiger partial charge is 0.238 e. The van der Waals surface area contributed by atoms with Crippen molar-refractivity contribution in [2.75, 3.05) is 25.0 Å². The maximum absolute atomic E-state index is 11.5. The molecule has 0 aliphatic heterocycles. The van der Waals surface area contributed by atoms with Gasteiger partial charge in [0.05, 0.1) is 6.54 Å². The van der Waals surface area contributed by atoms with Crippen LogP contribution in [0.3, 0.4) is 0 Å². The summed E-state index contributed by atoms with van der Waals surface area (Å²) in [6.07, 6.45) is 0.381. The van der Waals surface area contributed by atoms with Crippen LogP contribution in [0.25, 0.3) is 0 Å². The molecule has 0 heterocycles. The predicted octanol–water partition coefficient (Wildman–Crippen LogP) is 0.741. The first-order chi connectivity index (χ1) is 8.72. The number of carbonyl (C=O) groups excluding carboxylic acids is 2. The fourth-order valence-electron chi connectivity index (χ4n) is 1.42. The van der Waals surface area contributed by atoms with E-state index in [1.807, 2.05) is 37.3 Å². The Kier molecular flexibility index (Phi) is 6.50. The molecule has 18 heavy (non-hydrogen) atoms. The van der Waals surface area contributed by atoms with Gasteiger partial charge in [0.15, 0.2) is 0 Å². The zero-order valence-corrected chi connectivity index (χ0v) is 10.5. The topological polar surface area (TPSA) is 70.2 Å². The van der Waals surface area contributed by atoms with Gasteiger partial charge in [-0.05, 0) is 19.1 Å². The van der Waals surface area contributed by atoms with Crippen molar-refractivity contribution in [2.24, 2.45) is 0 Å². The highest BCUT2D eigenvalue weighted by Crippen LogP contribution is 2.03. The van der Waals surface area contributed by atoms with Gasteiger partial charge in [-0.2, -0.15) is 0 Å². The number of amides is 2. The highest BCUT2D eigenvalue weighted by Gasteiger charge is 2.02. The lowest BCUT2D eigenvalue weighted by Gasteiger charge is -2.06. The van der Waals surface area contributed by atoms with Gasteiger partial charge >= 0.3 is 0 Å². The molecule has 0 saturated heterocycles. The van der Waals surface area contributed by atoms with Crippen molar-refractivity contribution in [3.63, 3.8) is 0 Å². The Hall–Kier alpha value is -1.88. The average Bonchev–Trinajstić information content (AvgIpc) is 2.36. The summed E-state index contributed by atoms with van der Waals surface area (Å²) in [5, 5.41) is 8.37. The van der Waals surface area contributed by atoms with Crippen molar-refractivity contribution >= 4 is 17.5 Å². The van der Waals surface area contributed by atoms with Crippen molar-refractivity contribution in [2.45, 2.75) is 13.3 Å². The fourth-order valence-corrected chi connectivity index (χ4v) is 1.42. The zero-order valence-electron chi connectivity index (χ0n) is 10.5. The Labute approximate surface area is 107 Å². The third-order valence-electron chi connectivity index (χ3n) is 2.25. The molecule has 3 N–H and O–H groups in total. The molecular formula is C13H19N3O2. The number of carbonyl (C=O) groups is 2. The van der Waals surface area contributed by atoms with E-state index in [9.17, 15) is 9.59 Å². The van der Waals surface area contributed by atoms with E-state index in [4.69, 9.17) is 0 Å². The summed E-state index contributed by atoms with van der Waals surface area (Å²) in [4.78, 5) is 22.6. The normalized spacial score (nSPS) is 9.83. The number of benzene rings is 1. The monoisotopic (exact) mass is 249 g/mol. The molecule has 1 aromatic rings. The molecule has 0 aliphatic carbocycles. The first kappa shape index (κ1) is 14.2. The summed E-state index contributed by atoms with van der Waals surface area (Å²) in [7, 11) is 0. The molecule has 2 amide bonds. The van der Waals surface area contributed by atoms with Crippen LogP contribution in [0.5, 0.6) is 0 Å². The van der Waals surface area contributed by atoms with Gasteiger partial charge in [0.2, 0.25) is 11.8 Å². The molecule has 0 radical (unpaired) electrons. The first-order valence-electron chi connectivity index (χ1n) is 6.04. The molecule has 1 aromatic carbocycles. The second-order valence-corrected chi connectivity index (χ2v) is 3.79. The van der Waals surface area contributed by atoms with E-state index < -0.39 is 0 Å². The second kappa shape index (κ2) is 8.25. The summed E-state index contributed by atoms with van der Waals surface area (Å²) < 4.78 is 0. The lowest BCUT2D eigenvalue weighted by molar-refractivity contribution is -0.121. The summed E-state index contributed by atoms with van der Waals surface area (Å²) in [5.74, 6) is -0.120. The standard InChI is InChI=1S/C13H19N3O2/c1-2-15-12(17)8-9-14-10-13(18)16-11-6-4-3-5-7-11/h3-7,14H,2,8-10H2,1H3,(H,15,17)(H,16,18). The van der Waals surface area contributed by atoms with E-state index in [0.717, 1.165) is 5.69 Å². The third kappa shape index (κ3) is 6.00. The minimum atomic E-state index is -0.114. The average molecular weight is 249 g/mol. The zero-order chi connectivity index (χ0) is 13.2. The molecule has 98 valence electrons. The van der Waals surface area contributed by atoms with Gasteiger partial charge in [-0.3, -0.25) is 9.59 Å². The van der Waals surface area contributed by atoms with E-state index in [-0.39, 0.29) is 18.4 Å². The summed E-state index contributed by atoms with van der Waals surface area (Å²) in [6, 6.07) is 9.26. The number of anilines is 1. The highest BCUT2D eigenvalue weighted by molar-refractivity contribution is 5.92. The van der Waals surface area contributed by atoms with Crippen molar-refractivity contribution in [3.05, 3.63) is 30.3 Å². The predicted molar refractivity (Wildman–Crippen MR) is 71.2 cm³/mol. The maximum atomic E-state index is 11.5. The number of rotatable bonds is 7. The Morgan fingerprint density at radius 1 is 1.11 bits per heavy atom. The SMILES string of the molecule is CCNC(=O)CCNCC(=O)Nc1ccccc1. The molecule has 0 atom stereocenters. The van der Waals surface area contributed by atoms with Crippen LogP contribution in [0.4, 0.5) is 5.69 Å². The van der Waals surface area contributed by atoms with Gasteiger partial charge in [-0.25, -0.2) is 0 Å². The maximum Gasteiger partial charge on any atom is 0.238 e. The molecule has 0 unspecified atom stereocenters. The fraction of sp³-hybridized carbons (Fsp3) is 0.385. The van der Waals surface area contributed by atoms with Gasteiger partial charge < -0.3 is 16.0 Å². The summed E-state index contributed by atoms with van der Waals surface area (Å²) >= 11 is 0. The van der Waals surface area contributed by atoms with Crippen LogP contribution in [-0.2, 0) is 9.59 Å². The largest absolute Gasteiger partial charge is 0.356 e. The van der Waals surface area contributed by atoms with Crippen LogP contribution in [0.15, 0.2) is 30.3 Å². The third-order valence-corrected chi connectivity index (χ3v) is 2.25. The number of hydrogen-bond acceptors (Lipinski definition) is 3. The first-order valence-corrected chi connectivity index (χ1v) is 6.04. The Morgan fingerprint density at radius 3 is 2.50 bits per heavy atom. The minimum absolute atomic E-state index is 0.00605. The van der Waals surface area contributed by atoms with Crippen LogP contribution >= 0.6 is 0 Å². The molecule has 1 rings (SSSR count). The molecule has 0 spiro atoms. The van der Waals surface area contributed by atoms with Crippen LogP contribution in [0.2, 0.25) is 0 Å². The van der Waals surface area contributed by atoms with Crippen LogP contribution < -0.4 is 16.0 Å². The molecule has 0 fully saturated rings. The van der Waals surface area contributed by atoms with Crippen molar-refractivity contribution in [1.82, 2.24) is 10.6 Å². The van der Waals surface area contributed by atoms with Gasteiger partial charge in [-0.15, -0.1) is 0 Å². The Balaban J connectivity index is 2.12. The highest BCUT2D eigenvalue weighted by atomic mass is 16.2. The quantitative estimate of drug-likeness (QED) is 0.624. The molecule has 0 bridgehead atoms. The van der Waals surface area contributed by atoms with Crippen molar-refractivity contribution < 1.29 is 9.59 Å². The van der Waals surface area contributed by atoms with Gasteiger partial charge in [0, 0.05) is 25.2 Å². The van der Waals surface area contributed by atoms with Crippen molar-refractivity contribution in [3.8, 4) is 0 Å². The van der Waals surface area contributed by atoms with E-state index in [2.05, 4.69) is 16.0 Å². The Bertz CT molecular complexity index is 379. The summed E-state index contributed by atoms with van der Waals surface area (Å²) in [5.41, 5.74) is 0.771. The minimum Gasteiger partial charge on any atom is -0.356 e. The van der Waals surface area contributed by atoms with Crippen molar-refractivity contribution in [1.29, 1.82) is 0 Å². The van der Waals surface area contributed by atoms with Gasteiger partial charge in [0.1, 0.15) is 0 Å². The lowest BCUT2D eigenvalue weighted by atomic mass is 10.3. The molecule has 5 nitrogen and oxygen atoms in total. The molecule has 0 saturated carbocycles.